The third-order valence-electron chi connectivity index (χ3n) is 2.89. The highest BCUT2D eigenvalue weighted by atomic mass is 16.5. The van der Waals surface area contributed by atoms with E-state index < -0.39 is 0 Å². The van der Waals surface area contributed by atoms with Gasteiger partial charge in [-0.3, -0.25) is 0 Å². The van der Waals surface area contributed by atoms with Gasteiger partial charge >= 0.3 is 0 Å². The SMILES string of the molecule is COc1ccc(CCCC(C)N)c(OC)c1OC. The number of hydrogen-bond donors (Lipinski definition) is 1. The van der Waals surface area contributed by atoms with E-state index in [0.29, 0.717) is 11.5 Å². The standard InChI is InChI=1S/C14H23NO3/c1-10(15)6-5-7-11-8-9-12(16-2)14(18-4)13(11)17-3/h8-10H,5-7,15H2,1-4H3. The molecule has 18 heavy (non-hydrogen) atoms. The molecule has 0 aliphatic carbocycles. The van der Waals surface area contributed by atoms with Crippen LogP contribution in [0.3, 0.4) is 0 Å². The van der Waals surface area contributed by atoms with Crippen molar-refractivity contribution in [1.29, 1.82) is 0 Å². The van der Waals surface area contributed by atoms with E-state index in [1.54, 1.807) is 21.3 Å². The summed E-state index contributed by atoms with van der Waals surface area (Å²) in [7, 11) is 4.88. The van der Waals surface area contributed by atoms with Crippen LogP contribution >= 0.6 is 0 Å². The van der Waals surface area contributed by atoms with E-state index in [1.165, 1.54) is 0 Å². The Morgan fingerprint density at radius 3 is 2.22 bits per heavy atom. The quantitative estimate of drug-likeness (QED) is 0.810. The molecule has 0 amide bonds. The Morgan fingerprint density at radius 1 is 1.06 bits per heavy atom. The van der Waals surface area contributed by atoms with Crippen molar-refractivity contribution in [1.82, 2.24) is 0 Å². The van der Waals surface area contributed by atoms with Crippen molar-refractivity contribution >= 4 is 0 Å². The maximum atomic E-state index is 5.75. The summed E-state index contributed by atoms with van der Waals surface area (Å²) in [5.41, 5.74) is 6.87. The summed E-state index contributed by atoms with van der Waals surface area (Å²) < 4.78 is 16.0. The first-order valence-electron chi connectivity index (χ1n) is 6.17. The summed E-state index contributed by atoms with van der Waals surface area (Å²) >= 11 is 0. The smallest absolute Gasteiger partial charge is 0.203 e. The molecule has 0 fully saturated rings. The molecule has 0 aliphatic heterocycles. The Kier molecular flexibility index (Phi) is 5.78. The van der Waals surface area contributed by atoms with Crippen LogP contribution in [0.5, 0.6) is 17.2 Å². The molecule has 0 bridgehead atoms. The van der Waals surface area contributed by atoms with Gasteiger partial charge in [-0.1, -0.05) is 6.07 Å². The topological polar surface area (TPSA) is 53.7 Å². The van der Waals surface area contributed by atoms with E-state index in [0.717, 1.165) is 30.6 Å². The highest BCUT2D eigenvalue weighted by molar-refractivity contribution is 5.55. The Morgan fingerprint density at radius 2 is 1.72 bits per heavy atom. The second-order valence-corrected chi connectivity index (χ2v) is 4.36. The molecule has 102 valence electrons. The molecule has 4 heteroatoms. The number of ether oxygens (including phenoxy) is 3. The van der Waals surface area contributed by atoms with Gasteiger partial charge in [0.15, 0.2) is 11.5 Å². The molecule has 1 rings (SSSR count). The first-order chi connectivity index (χ1) is 8.63. The maximum absolute atomic E-state index is 5.75. The van der Waals surface area contributed by atoms with Crippen LogP contribution < -0.4 is 19.9 Å². The van der Waals surface area contributed by atoms with Gasteiger partial charge in [0.1, 0.15) is 0 Å². The van der Waals surface area contributed by atoms with Crippen molar-refractivity contribution in [3.05, 3.63) is 17.7 Å². The molecule has 1 unspecified atom stereocenters. The number of nitrogens with two attached hydrogens (primary N) is 1. The van der Waals surface area contributed by atoms with Crippen LogP contribution in [0.4, 0.5) is 0 Å². The third-order valence-corrected chi connectivity index (χ3v) is 2.89. The van der Waals surface area contributed by atoms with Crippen LogP contribution in [0.1, 0.15) is 25.3 Å². The van der Waals surface area contributed by atoms with Gasteiger partial charge in [0.2, 0.25) is 5.75 Å². The number of methoxy groups -OCH3 is 3. The minimum atomic E-state index is 0.233. The highest BCUT2D eigenvalue weighted by Crippen LogP contribution is 2.40. The van der Waals surface area contributed by atoms with E-state index in [4.69, 9.17) is 19.9 Å². The largest absolute Gasteiger partial charge is 0.493 e. The predicted octanol–water partition coefficient (Wildman–Crippen LogP) is 2.38. The first kappa shape index (κ1) is 14.6. The second-order valence-electron chi connectivity index (χ2n) is 4.36. The second kappa shape index (κ2) is 7.11. The summed E-state index contributed by atoms with van der Waals surface area (Å²) in [6, 6.07) is 4.15. The lowest BCUT2D eigenvalue weighted by molar-refractivity contribution is 0.322. The first-order valence-corrected chi connectivity index (χ1v) is 6.17. The molecule has 1 atom stereocenters. The average molecular weight is 253 g/mol. The molecule has 0 saturated carbocycles. The summed E-state index contributed by atoms with van der Waals surface area (Å²) in [5, 5.41) is 0. The van der Waals surface area contributed by atoms with Crippen molar-refractivity contribution < 1.29 is 14.2 Å². The molecular formula is C14H23NO3. The van der Waals surface area contributed by atoms with Gasteiger partial charge < -0.3 is 19.9 Å². The monoisotopic (exact) mass is 253 g/mol. The number of aryl methyl sites for hydroxylation is 1. The summed E-state index contributed by atoms with van der Waals surface area (Å²) in [4.78, 5) is 0. The predicted molar refractivity (Wildman–Crippen MR) is 72.7 cm³/mol. The van der Waals surface area contributed by atoms with Crippen LogP contribution in [0.2, 0.25) is 0 Å². The number of hydrogen-bond acceptors (Lipinski definition) is 4. The molecule has 0 spiro atoms. The molecular weight excluding hydrogens is 230 g/mol. The molecule has 0 aliphatic rings. The minimum absolute atomic E-state index is 0.233. The lowest BCUT2D eigenvalue weighted by atomic mass is 10.0. The van der Waals surface area contributed by atoms with Crippen molar-refractivity contribution in [2.45, 2.75) is 32.2 Å². The van der Waals surface area contributed by atoms with E-state index in [-0.39, 0.29) is 6.04 Å². The third kappa shape index (κ3) is 3.53. The molecule has 0 heterocycles. The fraction of sp³-hybridized carbons (Fsp3) is 0.571. The van der Waals surface area contributed by atoms with Gasteiger partial charge in [0.25, 0.3) is 0 Å². The van der Waals surface area contributed by atoms with Crippen molar-refractivity contribution in [2.24, 2.45) is 5.73 Å². The van der Waals surface area contributed by atoms with Crippen molar-refractivity contribution in [3.63, 3.8) is 0 Å². The van der Waals surface area contributed by atoms with Gasteiger partial charge in [0.05, 0.1) is 21.3 Å². The maximum Gasteiger partial charge on any atom is 0.203 e. The fourth-order valence-corrected chi connectivity index (χ4v) is 1.97. The minimum Gasteiger partial charge on any atom is -0.493 e. The lowest BCUT2D eigenvalue weighted by Gasteiger charge is -2.16. The zero-order valence-corrected chi connectivity index (χ0v) is 11.7. The van der Waals surface area contributed by atoms with Gasteiger partial charge in [-0.2, -0.15) is 0 Å². The zero-order valence-electron chi connectivity index (χ0n) is 11.7. The van der Waals surface area contributed by atoms with Gasteiger partial charge in [-0.15, -0.1) is 0 Å². The number of rotatable bonds is 7. The van der Waals surface area contributed by atoms with E-state index in [2.05, 4.69) is 0 Å². The molecule has 4 nitrogen and oxygen atoms in total. The fourth-order valence-electron chi connectivity index (χ4n) is 1.97. The Hall–Kier alpha value is -1.42. The van der Waals surface area contributed by atoms with Gasteiger partial charge in [-0.25, -0.2) is 0 Å². The summed E-state index contributed by atoms with van der Waals surface area (Å²) in [6.07, 6.45) is 2.95. The average Bonchev–Trinajstić information content (AvgIpc) is 2.37. The van der Waals surface area contributed by atoms with Crippen LogP contribution in [-0.4, -0.2) is 27.4 Å². The molecule has 2 N–H and O–H groups in total. The van der Waals surface area contributed by atoms with E-state index in [9.17, 15) is 0 Å². The highest BCUT2D eigenvalue weighted by Gasteiger charge is 2.15. The van der Waals surface area contributed by atoms with Gasteiger partial charge in [-0.05, 0) is 37.8 Å². The van der Waals surface area contributed by atoms with Crippen LogP contribution in [0.25, 0.3) is 0 Å². The molecule has 1 aromatic carbocycles. The van der Waals surface area contributed by atoms with E-state index in [1.807, 2.05) is 19.1 Å². The van der Waals surface area contributed by atoms with Crippen LogP contribution in [-0.2, 0) is 6.42 Å². The molecule has 0 aromatic heterocycles. The summed E-state index contributed by atoms with van der Waals surface area (Å²) in [5.74, 6) is 2.09. The molecule has 1 aromatic rings. The molecule has 0 radical (unpaired) electrons. The van der Waals surface area contributed by atoms with Crippen LogP contribution in [0.15, 0.2) is 12.1 Å². The van der Waals surface area contributed by atoms with Gasteiger partial charge in [0, 0.05) is 6.04 Å². The Bertz CT molecular complexity index is 378. The lowest BCUT2D eigenvalue weighted by Crippen LogP contribution is -2.14. The van der Waals surface area contributed by atoms with Crippen molar-refractivity contribution in [2.75, 3.05) is 21.3 Å². The summed E-state index contributed by atoms with van der Waals surface area (Å²) in [6.45, 7) is 2.02. The zero-order chi connectivity index (χ0) is 13.5. The number of benzene rings is 1. The normalized spacial score (nSPS) is 12.1. The van der Waals surface area contributed by atoms with Crippen LogP contribution in [0, 0.1) is 0 Å². The Labute approximate surface area is 109 Å². The Balaban J connectivity index is 2.91. The molecule has 0 saturated heterocycles. The van der Waals surface area contributed by atoms with E-state index >= 15 is 0 Å². The van der Waals surface area contributed by atoms with Crippen molar-refractivity contribution in [3.8, 4) is 17.2 Å².